The molecule has 0 aliphatic heterocycles. The fourth-order valence-electron chi connectivity index (χ4n) is 3.89. The summed E-state index contributed by atoms with van der Waals surface area (Å²) in [6.07, 6.45) is 6.54. The van der Waals surface area contributed by atoms with E-state index in [-0.39, 0.29) is 23.8 Å². The Labute approximate surface area is 151 Å². The molecule has 5 nitrogen and oxygen atoms in total. The summed E-state index contributed by atoms with van der Waals surface area (Å²) in [4.78, 5) is 17.3. The smallest absolute Gasteiger partial charge is 0.249 e. The monoisotopic (exact) mass is 347 g/mol. The van der Waals surface area contributed by atoms with E-state index >= 15 is 0 Å². The minimum absolute atomic E-state index is 0.116. The summed E-state index contributed by atoms with van der Waals surface area (Å²) in [5.41, 5.74) is 0.338. The molecule has 1 N–H and O–H groups in total. The van der Waals surface area contributed by atoms with Gasteiger partial charge in [-0.3, -0.25) is 4.79 Å². The third-order valence-corrected chi connectivity index (χ3v) is 5.95. The van der Waals surface area contributed by atoms with Gasteiger partial charge in [-0.15, -0.1) is 0 Å². The molecule has 2 fully saturated rings. The van der Waals surface area contributed by atoms with Crippen LogP contribution in [-0.2, 0) is 4.79 Å². The van der Waals surface area contributed by atoms with Crippen LogP contribution in [-0.4, -0.2) is 16.0 Å². The fourth-order valence-corrected chi connectivity index (χ4v) is 3.89. The molecule has 1 amide bonds. The van der Waals surface area contributed by atoms with Crippen LogP contribution in [0.5, 0.6) is 0 Å². The first-order chi connectivity index (χ1) is 11.8. The maximum Gasteiger partial charge on any atom is 0.249 e. The first-order valence-electron chi connectivity index (χ1n) is 9.89. The molecular formula is C20H33N3O2. The highest BCUT2D eigenvalue weighted by molar-refractivity contribution is 5.79. The van der Waals surface area contributed by atoms with Crippen molar-refractivity contribution in [2.75, 3.05) is 0 Å². The molecule has 0 saturated heterocycles. The molecule has 25 heavy (non-hydrogen) atoms. The summed E-state index contributed by atoms with van der Waals surface area (Å²) in [6, 6.07) is -0.187. The Hall–Kier alpha value is -1.39. The second kappa shape index (κ2) is 7.08. The van der Waals surface area contributed by atoms with Crippen LogP contribution in [0.4, 0.5) is 0 Å². The fraction of sp³-hybridized carbons (Fsp3) is 0.850. The number of carbonyl (C=O) groups excluding carboxylic acids is 1. The molecule has 1 aromatic rings. The molecule has 2 aliphatic carbocycles. The van der Waals surface area contributed by atoms with Crippen LogP contribution in [0.15, 0.2) is 4.52 Å². The topological polar surface area (TPSA) is 68.0 Å². The molecule has 0 bridgehead atoms. The van der Waals surface area contributed by atoms with Gasteiger partial charge in [0.2, 0.25) is 11.8 Å². The van der Waals surface area contributed by atoms with Gasteiger partial charge in [0.05, 0.1) is 0 Å². The number of amides is 1. The molecule has 0 aromatic carbocycles. The predicted octanol–water partition coefficient (Wildman–Crippen LogP) is 4.61. The van der Waals surface area contributed by atoms with E-state index in [0.29, 0.717) is 17.2 Å². The molecule has 140 valence electrons. The molecule has 1 unspecified atom stereocenters. The zero-order valence-electron chi connectivity index (χ0n) is 16.3. The van der Waals surface area contributed by atoms with Crippen molar-refractivity contribution in [1.82, 2.24) is 15.5 Å². The lowest BCUT2D eigenvalue weighted by molar-refractivity contribution is -0.127. The highest BCUT2D eigenvalue weighted by Gasteiger charge is 2.35. The van der Waals surface area contributed by atoms with Gasteiger partial charge in [-0.1, -0.05) is 39.8 Å². The van der Waals surface area contributed by atoms with E-state index < -0.39 is 0 Å². The summed E-state index contributed by atoms with van der Waals surface area (Å²) in [7, 11) is 0. The first-order valence-corrected chi connectivity index (χ1v) is 9.89. The van der Waals surface area contributed by atoms with Crippen LogP contribution < -0.4 is 5.32 Å². The van der Waals surface area contributed by atoms with Gasteiger partial charge in [0.15, 0.2) is 5.82 Å². The van der Waals surface area contributed by atoms with Gasteiger partial charge < -0.3 is 9.84 Å². The minimum atomic E-state index is -0.187. The Morgan fingerprint density at radius 2 is 1.76 bits per heavy atom. The van der Waals surface area contributed by atoms with E-state index in [9.17, 15) is 4.79 Å². The zero-order valence-corrected chi connectivity index (χ0v) is 16.3. The van der Waals surface area contributed by atoms with Gasteiger partial charge in [-0.2, -0.15) is 4.98 Å². The Kier molecular flexibility index (Phi) is 5.21. The molecular weight excluding hydrogens is 314 g/mol. The largest absolute Gasteiger partial charge is 0.344 e. The van der Waals surface area contributed by atoms with E-state index in [1.54, 1.807) is 0 Å². The first kappa shape index (κ1) is 18.4. The van der Waals surface area contributed by atoms with Crippen LogP contribution >= 0.6 is 0 Å². The summed E-state index contributed by atoms with van der Waals surface area (Å²) in [5, 5.41) is 7.29. The molecule has 2 aliphatic rings. The average molecular weight is 348 g/mol. The second-order valence-corrected chi connectivity index (χ2v) is 9.41. The van der Waals surface area contributed by atoms with Gasteiger partial charge >= 0.3 is 0 Å². The SMILES string of the molecule is CC(C)C(NC(=O)C1CCC(C(C)(C)C)CC1)c1nc(C2CC2)no1. The molecule has 1 aromatic heterocycles. The van der Waals surface area contributed by atoms with Crippen molar-refractivity contribution in [2.24, 2.45) is 23.2 Å². The van der Waals surface area contributed by atoms with E-state index in [4.69, 9.17) is 4.52 Å². The van der Waals surface area contributed by atoms with Crippen LogP contribution in [0.3, 0.4) is 0 Å². The summed E-state index contributed by atoms with van der Waals surface area (Å²) in [6.45, 7) is 11.1. The molecule has 3 rings (SSSR count). The number of carbonyl (C=O) groups is 1. The predicted molar refractivity (Wildman–Crippen MR) is 96.9 cm³/mol. The van der Waals surface area contributed by atoms with E-state index in [1.165, 1.54) is 0 Å². The molecule has 2 saturated carbocycles. The van der Waals surface area contributed by atoms with Crippen molar-refractivity contribution in [3.05, 3.63) is 11.7 Å². The van der Waals surface area contributed by atoms with Crippen molar-refractivity contribution in [3.8, 4) is 0 Å². The van der Waals surface area contributed by atoms with Gasteiger partial charge in [0, 0.05) is 11.8 Å². The molecule has 1 atom stereocenters. The lowest BCUT2D eigenvalue weighted by atomic mass is 9.69. The molecule has 5 heteroatoms. The van der Waals surface area contributed by atoms with Gasteiger partial charge in [-0.05, 0) is 55.8 Å². The molecule has 1 heterocycles. The van der Waals surface area contributed by atoms with Crippen LogP contribution in [0, 0.1) is 23.2 Å². The Morgan fingerprint density at radius 3 is 2.28 bits per heavy atom. The maximum atomic E-state index is 12.8. The highest BCUT2D eigenvalue weighted by Crippen LogP contribution is 2.40. The summed E-state index contributed by atoms with van der Waals surface area (Å²) in [5.74, 6) is 3.04. The normalized spacial score (nSPS) is 25.8. The van der Waals surface area contributed by atoms with Crippen molar-refractivity contribution >= 4 is 5.91 Å². The van der Waals surface area contributed by atoms with Crippen LogP contribution in [0.1, 0.15) is 96.8 Å². The van der Waals surface area contributed by atoms with Gasteiger partial charge in [-0.25, -0.2) is 0 Å². The van der Waals surface area contributed by atoms with Gasteiger partial charge in [0.25, 0.3) is 0 Å². The quantitative estimate of drug-likeness (QED) is 0.844. The average Bonchev–Trinajstić information content (AvgIpc) is 3.29. The third-order valence-electron chi connectivity index (χ3n) is 5.95. The van der Waals surface area contributed by atoms with Gasteiger partial charge in [0.1, 0.15) is 6.04 Å². The molecule has 0 radical (unpaired) electrons. The van der Waals surface area contributed by atoms with Crippen molar-refractivity contribution in [2.45, 2.75) is 85.1 Å². The number of aromatic nitrogens is 2. The standard InChI is InChI=1S/C20H33N3O2/c1-12(2)16(19-22-17(23-25-19)13-6-7-13)21-18(24)14-8-10-15(11-9-14)20(3,4)5/h12-16H,6-11H2,1-5H3,(H,21,24). The Bertz CT molecular complexity index is 590. The van der Waals surface area contributed by atoms with E-state index in [2.05, 4.69) is 50.1 Å². The summed E-state index contributed by atoms with van der Waals surface area (Å²) >= 11 is 0. The number of nitrogens with zero attached hydrogens (tertiary/aromatic N) is 2. The highest BCUT2D eigenvalue weighted by atomic mass is 16.5. The second-order valence-electron chi connectivity index (χ2n) is 9.41. The number of hydrogen-bond donors (Lipinski definition) is 1. The van der Waals surface area contributed by atoms with Crippen LogP contribution in [0.25, 0.3) is 0 Å². The number of rotatable bonds is 5. The maximum absolute atomic E-state index is 12.8. The third kappa shape index (κ3) is 4.42. The lowest BCUT2D eigenvalue weighted by Crippen LogP contribution is -2.39. The number of nitrogens with one attached hydrogen (secondary N) is 1. The number of hydrogen-bond acceptors (Lipinski definition) is 4. The van der Waals surface area contributed by atoms with Crippen molar-refractivity contribution in [1.29, 1.82) is 0 Å². The minimum Gasteiger partial charge on any atom is -0.344 e. The van der Waals surface area contributed by atoms with Crippen molar-refractivity contribution < 1.29 is 9.32 Å². The summed E-state index contributed by atoms with van der Waals surface area (Å²) < 4.78 is 5.46. The van der Waals surface area contributed by atoms with E-state index in [1.807, 2.05) is 0 Å². The Balaban J connectivity index is 1.59. The Morgan fingerprint density at radius 1 is 1.12 bits per heavy atom. The van der Waals surface area contributed by atoms with E-state index in [0.717, 1.165) is 50.3 Å². The molecule has 0 spiro atoms. The lowest BCUT2D eigenvalue weighted by Gasteiger charge is -2.36. The zero-order chi connectivity index (χ0) is 18.2. The van der Waals surface area contributed by atoms with Crippen molar-refractivity contribution in [3.63, 3.8) is 0 Å². The van der Waals surface area contributed by atoms with Crippen LogP contribution in [0.2, 0.25) is 0 Å².